The highest BCUT2D eigenvalue weighted by Crippen LogP contribution is 2.14. The van der Waals surface area contributed by atoms with Gasteiger partial charge in [-0.2, -0.15) is 0 Å². The highest BCUT2D eigenvalue weighted by molar-refractivity contribution is 6.04. The lowest BCUT2D eigenvalue weighted by Crippen LogP contribution is -2.47. The maximum atomic E-state index is 12.2. The van der Waals surface area contributed by atoms with E-state index in [0.717, 1.165) is 38.5 Å². The molecule has 0 atom stereocenters. The molecule has 0 saturated carbocycles. The summed E-state index contributed by atoms with van der Waals surface area (Å²) in [5.74, 6) is 0.497. The number of ether oxygens (including phenoxy) is 4. The van der Waals surface area contributed by atoms with Gasteiger partial charge in [-0.05, 0) is 106 Å². The van der Waals surface area contributed by atoms with Crippen LogP contribution in [0.15, 0.2) is 29.3 Å². The van der Waals surface area contributed by atoms with Crippen molar-refractivity contribution in [1.82, 2.24) is 21.3 Å². The number of guanidine groups is 1. The molecule has 5 N–H and O–H groups in total. The molecule has 49 heavy (non-hydrogen) atoms. The molecule has 4 amide bonds. The fourth-order valence-corrected chi connectivity index (χ4v) is 3.98. The second-order valence-electron chi connectivity index (χ2n) is 14.4. The molecule has 0 unspecified atom stereocenters. The molecule has 0 radical (unpaired) electrons. The largest absolute Gasteiger partial charge is 0.494 e. The molecule has 0 bridgehead atoms. The predicted octanol–water partition coefficient (Wildman–Crippen LogP) is 6.56. The fraction of sp³-hybridized carbons (Fsp3) is 0.657. The van der Waals surface area contributed by atoms with Gasteiger partial charge < -0.3 is 24.3 Å². The van der Waals surface area contributed by atoms with Crippen LogP contribution in [0.2, 0.25) is 0 Å². The minimum atomic E-state index is -0.722. The number of nitrogens with zero attached hydrogens (tertiary/aromatic N) is 1. The summed E-state index contributed by atoms with van der Waals surface area (Å²) in [6.45, 7) is 17.1. The third-order valence-electron chi connectivity index (χ3n) is 6.00. The van der Waals surface area contributed by atoms with Gasteiger partial charge >= 0.3 is 18.3 Å². The van der Waals surface area contributed by atoms with Crippen LogP contribution in [0, 0.1) is 5.41 Å². The molecule has 1 aromatic carbocycles. The molecule has 0 aliphatic carbocycles. The van der Waals surface area contributed by atoms with Crippen LogP contribution in [-0.2, 0) is 19.0 Å². The zero-order valence-electron chi connectivity index (χ0n) is 30.8. The van der Waals surface area contributed by atoms with Gasteiger partial charge in [-0.1, -0.05) is 25.7 Å². The van der Waals surface area contributed by atoms with Gasteiger partial charge in [0.2, 0.25) is 11.9 Å². The molecule has 1 rings (SSSR count). The topological polar surface area (TPSA) is 190 Å². The first kappa shape index (κ1) is 42.7. The lowest BCUT2D eigenvalue weighted by molar-refractivity contribution is -0.121. The van der Waals surface area contributed by atoms with Gasteiger partial charge in [-0.15, -0.1) is 0 Å². The summed E-state index contributed by atoms with van der Waals surface area (Å²) in [6, 6.07) is 6.76. The van der Waals surface area contributed by atoms with Crippen molar-refractivity contribution < 1.29 is 38.1 Å². The Hall–Kier alpha value is -4.36. The van der Waals surface area contributed by atoms with Crippen molar-refractivity contribution in [3.05, 3.63) is 29.8 Å². The number of carbonyl (C=O) groups is 4. The van der Waals surface area contributed by atoms with Crippen LogP contribution in [0.3, 0.4) is 0 Å². The average Bonchev–Trinajstić information content (AvgIpc) is 2.93. The summed E-state index contributed by atoms with van der Waals surface area (Å²) < 4.78 is 21.4. The molecule has 0 heterocycles. The molecule has 0 spiro atoms. The smallest absolute Gasteiger partial charge is 0.414 e. The Balaban J connectivity index is 2.22. The van der Waals surface area contributed by atoms with Crippen molar-refractivity contribution in [2.45, 2.75) is 130 Å². The van der Waals surface area contributed by atoms with Gasteiger partial charge in [-0.25, -0.2) is 14.4 Å². The molecule has 0 aromatic heterocycles. The summed E-state index contributed by atoms with van der Waals surface area (Å²) in [4.78, 5) is 52.7. The summed E-state index contributed by atoms with van der Waals surface area (Å²) in [7, 11) is 0. The van der Waals surface area contributed by atoms with E-state index in [0.29, 0.717) is 43.9 Å². The zero-order valence-corrected chi connectivity index (χ0v) is 30.8. The minimum Gasteiger partial charge on any atom is -0.494 e. The third-order valence-corrected chi connectivity index (χ3v) is 6.00. The van der Waals surface area contributed by atoms with E-state index in [1.807, 2.05) is 0 Å². The fourth-order valence-electron chi connectivity index (χ4n) is 3.98. The summed E-state index contributed by atoms with van der Waals surface area (Å²) in [5.41, 5.74) is -1.54. The van der Waals surface area contributed by atoms with Crippen molar-refractivity contribution in [3.8, 4) is 5.75 Å². The number of hydrogen-bond donors (Lipinski definition) is 5. The summed E-state index contributed by atoms with van der Waals surface area (Å²) >= 11 is 0. The lowest BCUT2D eigenvalue weighted by Gasteiger charge is -2.22. The van der Waals surface area contributed by atoms with Crippen LogP contribution < -0.4 is 26.0 Å². The highest BCUT2D eigenvalue weighted by atomic mass is 16.6. The standard InChI is InChI=1S/C35H58N6O8/c1-33(2,3)47-30(43)39-28(36)25-18-20-26(21-19-25)46-24-16-17-27(42)37-22-14-12-10-11-13-15-23-38-29(40-31(44)48-34(4,5)6)41-32(45)49-35(7,8)9/h18-21H,10-17,22-24H2,1-9H3,(H,37,42)(H2,36,39,43)(H2,38,40,41,44,45). The quantitative estimate of drug-likeness (QED) is 0.0592. The van der Waals surface area contributed by atoms with Crippen LogP contribution in [0.4, 0.5) is 14.4 Å². The molecular formula is C35H58N6O8. The lowest BCUT2D eigenvalue weighted by atomic mass is 10.1. The molecule has 1 aromatic rings. The molecule has 14 nitrogen and oxygen atoms in total. The molecular weight excluding hydrogens is 632 g/mol. The Morgan fingerprint density at radius 1 is 0.653 bits per heavy atom. The van der Waals surface area contributed by atoms with Gasteiger partial charge in [0.05, 0.1) is 6.61 Å². The summed E-state index contributed by atoms with van der Waals surface area (Å²) in [6.07, 6.45) is 4.37. The number of unbranched alkanes of at least 4 members (excludes halogenated alkanes) is 5. The average molecular weight is 691 g/mol. The van der Waals surface area contributed by atoms with Crippen LogP contribution in [-0.4, -0.2) is 72.5 Å². The number of nitrogens with one attached hydrogen (secondary N) is 5. The molecule has 0 saturated heterocycles. The van der Waals surface area contributed by atoms with E-state index in [1.165, 1.54) is 0 Å². The van der Waals surface area contributed by atoms with E-state index >= 15 is 0 Å². The van der Waals surface area contributed by atoms with Crippen LogP contribution in [0.25, 0.3) is 0 Å². The minimum absolute atomic E-state index is 0.0192. The molecule has 276 valence electrons. The Morgan fingerprint density at radius 2 is 1.12 bits per heavy atom. The van der Waals surface area contributed by atoms with Gasteiger partial charge in [0.15, 0.2) is 0 Å². The predicted molar refractivity (Wildman–Crippen MR) is 189 cm³/mol. The Labute approximate surface area is 291 Å². The van der Waals surface area contributed by atoms with E-state index < -0.39 is 35.1 Å². The number of amidine groups is 1. The maximum Gasteiger partial charge on any atom is 0.414 e. The number of alkyl carbamates (subject to hydrolysis) is 3. The van der Waals surface area contributed by atoms with Crippen LogP contribution >= 0.6 is 0 Å². The molecule has 0 aliphatic heterocycles. The van der Waals surface area contributed by atoms with Crippen LogP contribution in [0.5, 0.6) is 5.75 Å². The van der Waals surface area contributed by atoms with Gasteiger partial charge in [0.1, 0.15) is 28.4 Å². The normalized spacial score (nSPS) is 11.4. The van der Waals surface area contributed by atoms with Crippen molar-refractivity contribution in [2.75, 3.05) is 19.7 Å². The second-order valence-corrected chi connectivity index (χ2v) is 14.4. The molecule has 0 aliphatic rings. The first-order valence-electron chi connectivity index (χ1n) is 16.9. The Kier molecular flexibility index (Phi) is 18.2. The van der Waals surface area contributed by atoms with Gasteiger partial charge in [-0.3, -0.25) is 31.1 Å². The highest BCUT2D eigenvalue weighted by Gasteiger charge is 2.21. The number of carbonyl (C=O) groups excluding carboxylic acids is 4. The second kappa shape index (κ2) is 20.9. The Bertz CT molecular complexity index is 1210. The van der Waals surface area contributed by atoms with Crippen LogP contribution in [0.1, 0.15) is 119 Å². The van der Waals surface area contributed by atoms with E-state index in [-0.39, 0.29) is 17.7 Å². The van der Waals surface area contributed by atoms with Crippen molar-refractivity contribution in [3.63, 3.8) is 0 Å². The molecule has 14 heteroatoms. The third kappa shape index (κ3) is 23.6. The molecule has 0 fully saturated rings. The monoisotopic (exact) mass is 690 g/mol. The summed E-state index contributed by atoms with van der Waals surface area (Å²) in [5, 5.41) is 18.3. The van der Waals surface area contributed by atoms with Crippen molar-refractivity contribution in [2.24, 2.45) is 4.99 Å². The van der Waals surface area contributed by atoms with E-state index in [9.17, 15) is 19.2 Å². The van der Waals surface area contributed by atoms with Gasteiger partial charge in [0, 0.05) is 25.1 Å². The van der Waals surface area contributed by atoms with E-state index in [2.05, 4.69) is 26.3 Å². The van der Waals surface area contributed by atoms with Gasteiger partial charge in [0.25, 0.3) is 0 Å². The number of aliphatic imine (C=N–C) groups is 1. The maximum absolute atomic E-state index is 12.2. The first-order valence-corrected chi connectivity index (χ1v) is 16.9. The van der Waals surface area contributed by atoms with E-state index in [4.69, 9.17) is 24.4 Å². The zero-order chi connectivity index (χ0) is 37.1. The number of benzene rings is 1. The number of hydrogen-bond acceptors (Lipinski definition) is 10. The van der Waals surface area contributed by atoms with Crippen molar-refractivity contribution in [1.29, 1.82) is 5.41 Å². The Morgan fingerprint density at radius 3 is 1.63 bits per heavy atom. The number of amides is 4. The number of rotatable bonds is 15. The SMILES string of the molecule is CC(C)(C)OC(=O)NC(=N)c1ccc(OCCCC(=O)NCCCCCCCCN=C(NC(=O)OC(C)(C)C)NC(=O)OC(C)(C)C)cc1. The van der Waals surface area contributed by atoms with Crippen molar-refractivity contribution >= 4 is 36.0 Å². The first-order chi connectivity index (χ1) is 22.7. The van der Waals surface area contributed by atoms with E-state index in [1.54, 1.807) is 86.6 Å².